The molecule has 4 heteroatoms. The lowest BCUT2D eigenvalue weighted by Gasteiger charge is -2.15. The van der Waals surface area contributed by atoms with Crippen LogP contribution in [0.2, 0.25) is 0 Å². The number of amides is 1. The molecule has 0 saturated heterocycles. The molecule has 0 unspecified atom stereocenters. The van der Waals surface area contributed by atoms with Crippen molar-refractivity contribution in [2.24, 2.45) is 10.8 Å². The summed E-state index contributed by atoms with van der Waals surface area (Å²) in [6, 6.07) is 2.08. The van der Waals surface area contributed by atoms with Crippen molar-refractivity contribution in [3.8, 4) is 6.07 Å². The zero-order valence-electron chi connectivity index (χ0n) is 8.75. The molecule has 0 atom stereocenters. The third-order valence-electron chi connectivity index (χ3n) is 3.62. The van der Waals surface area contributed by atoms with Crippen LogP contribution in [0.3, 0.4) is 0 Å². The Hall–Kier alpha value is -1.08. The Bertz CT molecular complexity index is 311. The van der Waals surface area contributed by atoms with E-state index in [0.717, 1.165) is 19.3 Å². The Morgan fingerprint density at radius 2 is 2.07 bits per heavy atom. The second-order valence-electron chi connectivity index (χ2n) is 4.85. The molecule has 0 aromatic rings. The normalized spacial score (nSPS) is 24.0. The quantitative estimate of drug-likeness (QED) is 0.693. The smallest absolute Gasteiger partial charge is 0.240 e. The van der Waals surface area contributed by atoms with Crippen molar-refractivity contribution >= 4 is 5.91 Å². The lowest BCUT2D eigenvalue weighted by molar-refractivity contribution is -0.124. The van der Waals surface area contributed by atoms with E-state index in [9.17, 15) is 4.79 Å². The number of nitriles is 1. The van der Waals surface area contributed by atoms with Crippen molar-refractivity contribution in [2.75, 3.05) is 13.2 Å². The second-order valence-corrected chi connectivity index (χ2v) is 4.85. The predicted molar refractivity (Wildman–Crippen MR) is 53.7 cm³/mol. The average Bonchev–Trinajstić information content (AvgIpc) is 3.12. The molecule has 2 fully saturated rings. The number of carbonyl (C=O) groups is 1. The van der Waals surface area contributed by atoms with Crippen LogP contribution in [-0.2, 0) is 4.79 Å². The Kier molecular flexibility index (Phi) is 2.43. The van der Waals surface area contributed by atoms with Crippen molar-refractivity contribution < 1.29 is 9.90 Å². The van der Waals surface area contributed by atoms with E-state index in [4.69, 9.17) is 10.4 Å². The van der Waals surface area contributed by atoms with Gasteiger partial charge in [0.05, 0.1) is 6.07 Å². The predicted octanol–water partition coefficient (Wildman–Crippen LogP) is 0.569. The second kappa shape index (κ2) is 3.49. The van der Waals surface area contributed by atoms with Gasteiger partial charge in [0.15, 0.2) is 0 Å². The zero-order chi connectivity index (χ0) is 10.9. The summed E-state index contributed by atoms with van der Waals surface area (Å²) in [4.78, 5) is 11.6. The van der Waals surface area contributed by atoms with E-state index in [2.05, 4.69) is 11.4 Å². The van der Waals surface area contributed by atoms with Crippen LogP contribution in [0, 0.1) is 22.2 Å². The molecule has 82 valence electrons. The minimum absolute atomic E-state index is 0.116. The summed E-state index contributed by atoms with van der Waals surface area (Å²) in [5, 5.41) is 20.5. The van der Waals surface area contributed by atoms with E-state index in [1.807, 2.05) is 0 Å². The molecule has 2 N–H and O–H groups in total. The fraction of sp³-hybridized carbons (Fsp3) is 0.818. The monoisotopic (exact) mass is 208 g/mol. The van der Waals surface area contributed by atoms with E-state index < -0.39 is 5.41 Å². The summed E-state index contributed by atoms with van der Waals surface area (Å²) in [6.07, 6.45) is 4.30. The lowest BCUT2D eigenvalue weighted by Crippen LogP contribution is -2.35. The fourth-order valence-electron chi connectivity index (χ4n) is 1.88. The van der Waals surface area contributed by atoms with E-state index in [-0.39, 0.29) is 17.9 Å². The minimum atomic E-state index is -0.713. The summed E-state index contributed by atoms with van der Waals surface area (Å²) >= 11 is 0. The van der Waals surface area contributed by atoms with Crippen molar-refractivity contribution in [3.63, 3.8) is 0 Å². The first-order chi connectivity index (χ1) is 7.16. The number of hydrogen-bond donors (Lipinski definition) is 2. The van der Waals surface area contributed by atoms with Crippen LogP contribution < -0.4 is 5.32 Å². The summed E-state index contributed by atoms with van der Waals surface area (Å²) in [5.41, 5.74) is -0.578. The summed E-state index contributed by atoms with van der Waals surface area (Å²) in [6.45, 7) is 0.801. The van der Waals surface area contributed by atoms with Gasteiger partial charge in [-0.1, -0.05) is 0 Å². The van der Waals surface area contributed by atoms with E-state index >= 15 is 0 Å². The molecule has 15 heavy (non-hydrogen) atoms. The number of rotatable bonds is 5. The topological polar surface area (TPSA) is 73.1 Å². The minimum Gasteiger partial charge on any atom is -0.396 e. The number of hydrogen-bond acceptors (Lipinski definition) is 3. The molecule has 0 spiro atoms. The maximum Gasteiger partial charge on any atom is 0.240 e. The van der Waals surface area contributed by atoms with Gasteiger partial charge in [-0.05, 0) is 37.5 Å². The largest absolute Gasteiger partial charge is 0.396 e. The lowest BCUT2D eigenvalue weighted by atomic mass is 10.0. The van der Waals surface area contributed by atoms with Gasteiger partial charge in [0.25, 0.3) is 0 Å². The SMILES string of the molecule is N#CC1(C(=O)NCC2(CCO)CC2)CC1. The van der Waals surface area contributed by atoms with Gasteiger partial charge >= 0.3 is 0 Å². The Morgan fingerprint density at radius 3 is 2.47 bits per heavy atom. The number of nitrogens with zero attached hydrogens (tertiary/aromatic N) is 1. The molecule has 0 aliphatic heterocycles. The van der Waals surface area contributed by atoms with Crippen LogP contribution in [0.25, 0.3) is 0 Å². The Morgan fingerprint density at radius 1 is 1.40 bits per heavy atom. The molecule has 2 aliphatic rings. The van der Waals surface area contributed by atoms with E-state index in [0.29, 0.717) is 19.4 Å². The molecule has 1 amide bonds. The van der Waals surface area contributed by atoms with Crippen LogP contribution in [0.1, 0.15) is 32.1 Å². The first-order valence-corrected chi connectivity index (χ1v) is 5.47. The fourth-order valence-corrected chi connectivity index (χ4v) is 1.88. The highest BCUT2D eigenvalue weighted by Gasteiger charge is 2.51. The molecule has 0 bridgehead atoms. The highest BCUT2D eigenvalue weighted by molar-refractivity contribution is 5.88. The molecule has 0 aromatic heterocycles. The summed E-state index contributed by atoms with van der Waals surface area (Å²) in [5.74, 6) is -0.116. The maximum absolute atomic E-state index is 11.6. The van der Waals surface area contributed by atoms with Crippen LogP contribution >= 0.6 is 0 Å². The van der Waals surface area contributed by atoms with Gasteiger partial charge in [0.2, 0.25) is 5.91 Å². The van der Waals surface area contributed by atoms with Gasteiger partial charge in [-0.3, -0.25) is 4.79 Å². The van der Waals surface area contributed by atoms with Crippen LogP contribution in [0.15, 0.2) is 0 Å². The summed E-state index contributed by atoms with van der Waals surface area (Å²) < 4.78 is 0. The number of aliphatic hydroxyl groups excluding tert-OH is 1. The molecular formula is C11H16N2O2. The van der Waals surface area contributed by atoms with Crippen molar-refractivity contribution in [2.45, 2.75) is 32.1 Å². The van der Waals surface area contributed by atoms with Gasteiger partial charge in [-0.2, -0.15) is 5.26 Å². The molecule has 0 aromatic carbocycles. The highest BCUT2D eigenvalue weighted by atomic mass is 16.3. The van der Waals surface area contributed by atoms with Crippen LogP contribution in [0.5, 0.6) is 0 Å². The molecular weight excluding hydrogens is 192 g/mol. The standard InChI is InChI=1S/C11H16N2O2/c12-7-11(3-4-11)9(15)13-8-10(1-2-10)5-6-14/h14H,1-6,8H2,(H,13,15). The average molecular weight is 208 g/mol. The van der Waals surface area contributed by atoms with Crippen molar-refractivity contribution in [1.29, 1.82) is 5.26 Å². The molecule has 2 rings (SSSR count). The van der Waals surface area contributed by atoms with Gasteiger partial charge in [0.1, 0.15) is 5.41 Å². The number of nitrogens with one attached hydrogen (secondary N) is 1. The zero-order valence-corrected chi connectivity index (χ0v) is 8.75. The van der Waals surface area contributed by atoms with Gasteiger partial charge in [0, 0.05) is 13.2 Å². The van der Waals surface area contributed by atoms with Gasteiger partial charge < -0.3 is 10.4 Å². The van der Waals surface area contributed by atoms with Gasteiger partial charge in [-0.25, -0.2) is 0 Å². The van der Waals surface area contributed by atoms with Crippen LogP contribution in [-0.4, -0.2) is 24.2 Å². The van der Waals surface area contributed by atoms with Gasteiger partial charge in [-0.15, -0.1) is 0 Å². The molecule has 2 aliphatic carbocycles. The third-order valence-corrected chi connectivity index (χ3v) is 3.62. The summed E-state index contributed by atoms with van der Waals surface area (Å²) in [7, 11) is 0. The third kappa shape index (κ3) is 1.98. The number of aliphatic hydroxyl groups is 1. The highest BCUT2D eigenvalue weighted by Crippen LogP contribution is 2.49. The Balaban J connectivity index is 1.79. The first kappa shape index (κ1) is 10.4. The van der Waals surface area contributed by atoms with E-state index in [1.54, 1.807) is 0 Å². The molecule has 0 radical (unpaired) electrons. The molecule has 0 heterocycles. The molecule has 2 saturated carbocycles. The number of carbonyl (C=O) groups excluding carboxylic acids is 1. The Labute approximate surface area is 89.3 Å². The maximum atomic E-state index is 11.6. The van der Waals surface area contributed by atoms with E-state index in [1.165, 1.54) is 0 Å². The first-order valence-electron chi connectivity index (χ1n) is 5.47. The van der Waals surface area contributed by atoms with Crippen LogP contribution in [0.4, 0.5) is 0 Å². The van der Waals surface area contributed by atoms with Crippen molar-refractivity contribution in [3.05, 3.63) is 0 Å². The van der Waals surface area contributed by atoms with Crippen molar-refractivity contribution in [1.82, 2.24) is 5.32 Å². The molecule has 4 nitrogen and oxygen atoms in total.